The third kappa shape index (κ3) is 3.52. The van der Waals surface area contributed by atoms with Crippen LogP contribution in [-0.4, -0.2) is 36.5 Å². The number of hydrogen-bond donors (Lipinski definition) is 1. The summed E-state index contributed by atoms with van der Waals surface area (Å²) in [6.07, 6.45) is 5.13. The fraction of sp³-hybridized carbons (Fsp3) is 0.611. The first kappa shape index (κ1) is 15.7. The number of hydrogen-bond acceptors (Lipinski definition) is 2. The summed E-state index contributed by atoms with van der Waals surface area (Å²) in [5.74, 6) is 2.24. The van der Waals surface area contributed by atoms with Crippen molar-refractivity contribution >= 4 is 29.1 Å². The average molecular weight is 353 g/mol. The third-order valence-corrected chi connectivity index (χ3v) is 6.02. The predicted molar refractivity (Wildman–Crippen MR) is 93.1 cm³/mol. The van der Waals surface area contributed by atoms with Crippen LogP contribution in [0.3, 0.4) is 0 Å². The Balaban J connectivity index is 1.39. The molecule has 1 aromatic rings. The van der Waals surface area contributed by atoms with E-state index < -0.39 is 0 Å². The topological polar surface area (TPSA) is 32.3 Å². The van der Waals surface area contributed by atoms with Gasteiger partial charge >= 0.3 is 0 Å². The molecule has 1 N–H and O–H groups in total. The Labute approximate surface area is 147 Å². The molecule has 23 heavy (non-hydrogen) atoms. The molecule has 1 saturated heterocycles. The molecule has 4 rings (SSSR count). The molecule has 3 unspecified atom stereocenters. The van der Waals surface area contributed by atoms with Gasteiger partial charge in [-0.3, -0.25) is 4.79 Å². The minimum Gasteiger partial charge on any atom is -0.349 e. The van der Waals surface area contributed by atoms with Gasteiger partial charge in [0.2, 0.25) is 0 Å². The summed E-state index contributed by atoms with van der Waals surface area (Å²) in [6, 6.07) is 5.31. The largest absolute Gasteiger partial charge is 0.349 e. The van der Waals surface area contributed by atoms with E-state index in [0.29, 0.717) is 21.5 Å². The van der Waals surface area contributed by atoms with Crippen LogP contribution >= 0.6 is 23.2 Å². The van der Waals surface area contributed by atoms with E-state index in [1.54, 1.807) is 18.2 Å². The molecule has 3 fully saturated rings. The van der Waals surface area contributed by atoms with Crippen LogP contribution in [0.15, 0.2) is 18.2 Å². The van der Waals surface area contributed by atoms with Crippen LogP contribution in [0.25, 0.3) is 0 Å². The number of nitrogens with one attached hydrogen (secondary N) is 1. The minimum atomic E-state index is -0.0549. The highest BCUT2D eigenvalue weighted by Gasteiger charge is 2.44. The van der Waals surface area contributed by atoms with Crippen molar-refractivity contribution in [3.63, 3.8) is 0 Å². The molecule has 3 atom stereocenters. The second-order valence-corrected chi connectivity index (χ2v) is 8.27. The average Bonchev–Trinajstić information content (AvgIpc) is 3.09. The normalized spacial score (nSPS) is 30.4. The highest BCUT2D eigenvalue weighted by molar-refractivity contribution is 6.35. The highest BCUT2D eigenvalue weighted by Crippen LogP contribution is 2.40. The summed E-state index contributed by atoms with van der Waals surface area (Å²) in [5, 5.41) is 4.23. The van der Waals surface area contributed by atoms with Crippen LogP contribution in [0.4, 0.5) is 0 Å². The van der Waals surface area contributed by atoms with Gasteiger partial charge in [0.05, 0.1) is 0 Å². The van der Waals surface area contributed by atoms with Crippen molar-refractivity contribution in [2.45, 2.75) is 31.7 Å². The number of fused-ring (bicyclic) bond motifs is 1. The van der Waals surface area contributed by atoms with Gasteiger partial charge in [0, 0.05) is 41.3 Å². The number of likely N-dealkylation sites (tertiary alicyclic amines) is 1. The van der Waals surface area contributed by atoms with Crippen molar-refractivity contribution in [3.05, 3.63) is 33.8 Å². The Morgan fingerprint density at radius 2 is 1.83 bits per heavy atom. The van der Waals surface area contributed by atoms with Crippen molar-refractivity contribution in [2.75, 3.05) is 19.6 Å². The summed E-state index contributed by atoms with van der Waals surface area (Å²) in [7, 11) is 0. The van der Waals surface area contributed by atoms with E-state index in [1.165, 1.54) is 32.4 Å². The quantitative estimate of drug-likeness (QED) is 0.892. The maximum absolute atomic E-state index is 12.5. The van der Waals surface area contributed by atoms with E-state index in [0.717, 1.165) is 24.8 Å². The number of halogens is 2. The lowest BCUT2D eigenvalue weighted by atomic mass is 9.97. The zero-order valence-corrected chi connectivity index (χ0v) is 14.6. The van der Waals surface area contributed by atoms with Gasteiger partial charge in [0.1, 0.15) is 0 Å². The standard InChI is InChI=1S/C18H22Cl2N2O/c19-14-5-13(6-15(20)7-14)18(23)21-17-4-3-12-9-22(10-16(12)17)8-11-1-2-11/h5-7,11-12,16-17H,1-4,8-10H2,(H,21,23). The zero-order valence-electron chi connectivity index (χ0n) is 13.1. The van der Waals surface area contributed by atoms with E-state index in [9.17, 15) is 4.79 Å². The highest BCUT2D eigenvalue weighted by atomic mass is 35.5. The van der Waals surface area contributed by atoms with Gasteiger partial charge in [-0.2, -0.15) is 0 Å². The molecule has 1 heterocycles. The first-order valence-electron chi connectivity index (χ1n) is 8.58. The molecular formula is C18H22Cl2N2O. The molecule has 0 aromatic heterocycles. The van der Waals surface area contributed by atoms with Gasteiger partial charge in [-0.1, -0.05) is 23.2 Å². The molecule has 124 valence electrons. The van der Waals surface area contributed by atoms with Crippen LogP contribution in [0.2, 0.25) is 10.0 Å². The number of nitrogens with zero attached hydrogens (tertiary/aromatic N) is 1. The van der Waals surface area contributed by atoms with Crippen LogP contribution < -0.4 is 5.32 Å². The van der Waals surface area contributed by atoms with Crippen molar-refractivity contribution in [1.82, 2.24) is 10.2 Å². The number of carbonyl (C=O) groups is 1. The zero-order chi connectivity index (χ0) is 16.0. The molecule has 1 aromatic carbocycles. The van der Waals surface area contributed by atoms with Crippen LogP contribution in [0.1, 0.15) is 36.0 Å². The summed E-state index contributed by atoms with van der Waals surface area (Å²) < 4.78 is 0. The van der Waals surface area contributed by atoms with Gasteiger partial charge in [-0.25, -0.2) is 0 Å². The lowest BCUT2D eigenvalue weighted by Crippen LogP contribution is -2.39. The van der Waals surface area contributed by atoms with Gasteiger partial charge in [0.25, 0.3) is 5.91 Å². The maximum atomic E-state index is 12.5. The number of carbonyl (C=O) groups excluding carboxylic acids is 1. The lowest BCUT2D eigenvalue weighted by molar-refractivity contribution is 0.0926. The minimum absolute atomic E-state index is 0.0549. The van der Waals surface area contributed by atoms with Crippen LogP contribution in [-0.2, 0) is 0 Å². The van der Waals surface area contributed by atoms with E-state index in [-0.39, 0.29) is 11.9 Å². The first-order valence-corrected chi connectivity index (χ1v) is 9.33. The summed E-state index contributed by atoms with van der Waals surface area (Å²) in [6.45, 7) is 3.62. The number of rotatable bonds is 4. The number of amides is 1. The molecule has 3 nitrogen and oxygen atoms in total. The van der Waals surface area contributed by atoms with Crippen LogP contribution in [0.5, 0.6) is 0 Å². The second-order valence-electron chi connectivity index (χ2n) is 7.40. The van der Waals surface area contributed by atoms with Crippen LogP contribution in [0, 0.1) is 17.8 Å². The molecule has 1 aliphatic heterocycles. The molecule has 2 aliphatic carbocycles. The Kier molecular flexibility index (Phi) is 4.29. The van der Waals surface area contributed by atoms with Crippen molar-refractivity contribution < 1.29 is 4.79 Å². The number of benzene rings is 1. The molecular weight excluding hydrogens is 331 g/mol. The Hall–Kier alpha value is -0.770. The Morgan fingerprint density at radius 1 is 1.09 bits per heavy atom. The SMILES string of the molecule is O=C(NC1CCC2CN(CC3CC3)CC21)c1cc(Cl)cc(Cl)c1. The van der Waals surface area contributed by atoms with Gasteiger partial charge in [0.15, 0.2) is 0 Å². The van der Waals surface area contributed by atoms with E-state index in [4.69, 9.17) is 23.2 Å². The summed E-state index contributed by atoms with van der Waals surface area (Å²) >= 11 is 12.0. The smallest absolute Gasteiger partial charge is 0.251 e. The Bertz CT molecular complexity index is 597. The molecule has 1 amide bonds. The van der Waals surface area contributed by atoms with Gasteiger partial charge < -0.3 is 10.2 Å². The predicted octanol–water partition coefficient (Wildman–Crippen LogP) is 3.84. The second kappa shape index (κ2) is 6.27. The fourth-order valence-corrected chi connectivity index (χ4v) is 4.81. The maximum Gasteiger partial charge on any atom is 0.251 e. The first-order chi connectivity index (χ1) is 11.1. The molecule has 5 heteroatoms. The monoisotopic (exact) mass is 352 g/mol. The third-order valence-electron chi connectivity index (χ3n) is 5.59. The van der Waals surface area contributed by atoms with Gasteiger partial charge in [-0.15, -0.1) is 0 Å². The molecule has 2 saturated carbocycles. The van der Waals surface area contributed by atoms with E-state index >= 15 is 0 Å². The lowest BCUT2D eigenvalue weighted by Gasteiger charge is -2.22. The molecule has 0 radical (unpaired) electrons. The summed E-state index contributed by atoms with van der Waals surface area (Å²) in [5.41, 5.74) is 0.554. The molecule has 3 aliphatic rings. The summed E-state index contributed by atoms with van der Waals surface area (Å²) in [4.78, 5) is 15.1. The molecule has 0 spiro atoms. The van der Waals surface area contributed by atoms with E-state index in [2.05, 4.69) is 10.2 Å². The van der Waals surface area contributed by atoms with Crippen molar-refractivity contribution in [1.29, 1.82) is 0 Å². The fourth-order valence-electron chi connectivity index (χ4n) is 4.29. The van der Waals surface area contributed by atoms with E-state index in [1.807, 2.05) is 0 Å². The van der Waals surface area contributed by atoms with Gasteiger partial charge in [-0.05, 0) is 61.6 Å². The van der Waals surface area contributed by atoms with Crippen molar-refractivity contribution in [3.8, 4) is 0 Å². The molecule has 0 bridgehead atoms. The van der Waals surface area contributed by atoms with Crippen molar-refractivity contribution in [2.24, 2.45) is 17.8 Å². The Morgan fingerprint density at radius 3 is 2.52 bits per heavy atom.